The minimum atomic E-state index is -3.08. The van der Waals surface area contributed by atoms with Gasteiger partial charge in [0.25, 0.3) is 5.79 Å². The molecule has 18 unspecified atom stereocenters. The third kappa shape index (κ3) is 32.9. The van der Waals surface area contributed by atoms with Crippen molar-refractivity contribution < 1.29 is 104 Å². The number of ether oxygens (including phenoxy) is 6. The number of aliphatic hydroxyl groups is 11. The number of hydrogen-bond acceptors (Lipinski definition) is 20. The molecule has 0 bridgehead atoms. The van der Waals surface area contributed by atoms with Gasteiger partial charge in [0.05, 0.1) is 50.7 Å². The zero-order valence-corrected chi connectivity index (χ0v) is 57.6. The predicted octanol–water partition coefficient (Wildman–Crippen LogP) is 7.62. The topological polar surface area (TPSA) is 373 Å². The minimum absolute atomic E-state index is 0.215. The molecule has 23 heteroatoms. The molecule has 0 aromatic carbocycles. The molecule has 0 aromatic heterocycles. The Hall–Kier alpha value is -2.79. The molecule has 14 N–H and O–H groups in total. The highest BCUT2D eigenvalue weighted by atomic mass is 16.8. The van der Waals surface area contributed by atoms with Gasteiger partial charge in [-0.2, -0.15) is 0 Å². The van der Waals surface area contributed by atoms with Crippen LogP contribution < -0.4 is 10.6 Å². The fourth-order valence-electron chi connectivity index (χ4n) is 12.8. The Balaban J connectivity index is 1.57. The third-order valence-corrected chi connectivity index (χ3v) is 18.7. The normalized spacial score (nSPS) is 28.0. The molecule has 3 aliphatic heterocycles. The number of allylic oxidation sites excluding steroid dienone is 4. The van der Waals surface area contributed by atoms with Crippen LogP contribution in [0.2, 0.25) is 0 Å². The zero-order valence-electron chi connectivity index (χ0n) is 57.6. The van der Waals surface area contributed by atoms with Crippen LogP contribution in [0.25, 0.3) is 0 Å². The highest BCUT2D eigenvalue weighted by Crippen LogP contribution is 2.39. The number of carbonyl (C=O) groups excluding carboxylic acids is 2. The van der Waals surface area contributed by atoms with Gasteiger partial charge in [-0.1, -0.05) is 231 Å². The molecule has 3 aliphatic rings. The van der Waals surface area contributed by atoms with Gasteiger partial charge in [0, 0.05) is 19.8 Å². The molecule has 18 atom stereocenters. The number of carboxylic acid groups (broad SMARTS) is 1. The molecule has 0 aromatic rings. The van der Waals surface area contributed by atoms with Crippen molar-refractivity contribution in [2.45, 2.75) is 381 Å². The van der Waals surface area contributed by atoms with Crippen LogP contribution in [0.15, 0.2) is 24.3 Å². The van der Waals surface area contributed by atoms with Crippen molar-refractivity contribution >= 4 is 17.8 Å². The Morgan fingerprint density at radius 2 is 1.02 bits per heavy atom. The van der Waals surface area contributed by atoms with Gasteiger partial charge in [-0.3, -0.25) is 9.59 Å². The van der Waals surface area contributed by atoms with Crippen molar-refractivity contribution in [2.75, 3.05) is 26.4 Å². The number of rotatable bonds is 56. The summed E-state index contributed by atoms with van der Waals surface area (Å²) in [5.41, 5.74) is 0. The van der Waals surface area contributed by atoms with Gasteiger partial charge in [-0.15, -0.1) is 0 Å². The van der Waals surface area contributed by atoms with Crippen LogP contribution in [0.5, 0.6) is 0 Å². The molecular formula is C71H130N2O21. The molecule has 550 valence electrons. The molecule has 2 amide bonds. The fraction of sp³-hybridized carbons (Fsp3) is 0.901. The first kappa shape index (κ1) is 85.4. The highest BCUT2D eigenvalue weighted by Gasteiger charge is 2.60. The van der Waals surface area contributed by atoms with Crippen molar-refractivity contribution in [3.8, 4) is 0 Å². The maximum absolute atomic E-state index is 13.5. The van der Waals surface area contributed by atoms with E-state index in [4.69, 9.17) is 28.4 Å². The molecule has 3 rings (SSSR count). The minimum Gasteiger partial charge on any atom is -0.477 e. The first-order chi connectivity index (χ1) is 45.4. The number of aliphatic carboxylic acids is 1. The summed E-state index contributed by atoms with van der Waals surface area (Å²) in [6, 6.07) is -2.54. The summed E-state index contributed by atoms with van der Waals surface area (Å²) in [6.45, 7) is 2.21. The van der Waals surface area contributed by atoms with Crippen molar-refractivity contribution in [3.63, 3.8) is 0 Å². The molecule has 23 nitrogen and oxygen atoms in total. The van der Waals surface area contributed by atoms with E-state index in [0.717, 1.165) is 90.4 Å². The van der Waals surface area contributed by atoms with E-state index in [1.807, 2.05) is 0 Å². The molecule has 0 aliphatic carbocycles. The van der Waals surface area contributed by atoms with Crippen LogP contribution >= 0.6 is 0 Å². The van der Waals surface area contributed by atoms with Gasteiger partial charge in [0.1, 0.15) is 67.1 Å². The third-order valence-electron chi connectivity index (χ3n) is 18.7. The van der Waals surface area contributed by atoms with E-state index in [1.54, 1.807) is 0 Å². The van der Waals surface area contributed by atoms with Crippen LogP contribution in [0.4, 0.5) is 0 Å². The maximum atomic E-state index is 13.5. The SMILES string of the molecule is CCCCCCCCCCC/C=C\C/C=C\CCCCCCCCCC(=O)NC(COC1OC(CO)C(OC2OC(CO)C(O)C(OC3(C(=O)O)CC(O)C(NC(C)=O)C(C(O)C(O)CO)O3)C2O)C(O)C1O)C(O)CCCCCCCCCCCCCCCCCCC. The van der Waals surface area contributed by atoms with Crippen molar-refractivity contribution in [3.05, 3.63) is 24.3 Å². The van der Waals surface area contributed by atoms with Gasteiger partial charge in [0.15, 0.2) is 12.6 Å². The molecule has 0 saturated carbocycles. The number of carboxylic acids is 1. The van der Waals surface area contributed by atoms with Crippen LogP contribution in [-0.2, 0) is 42.8 Å². The Morgan fingerprint density at radius 1 is 0.553 bits per heavy atom. The summed E-state index contributed by atoms with van der Waals surface area (Å²) in [5, 5.41) is 136. The number of aliphatic hydroxyl groups excluding tert-OH is 11. The standard InChI is InChI=1S/C71H130N2O21/c1-4-6-8-10-12-14-16-18-20-22-23-24-25-26-27-29-31-33-35-37-39-41-43-45-58(81)73-52(53(78)44-42-40-38-36-34-32-30-28-21-19-17-15-13-11-9-7-5-2)50-89-68-63(85)62(84)65(57(49-76)91-68)92-69-64(86)67(61(83)56(48-75)90-69)94-71(70(87)88)46-54(79)59(72-51(3)77)66(93-71)60(82)55(80)47-74/h23-24,26-27,52-57,59-69,74-76,78-80,82-86H,4-22,25,28-50H2,1-3H3,(H,72,77)(H,73,81)(H,87,88)/b24-23-,27-26-. The highest BCUT2D eigenvalue weighted by molar-refractivity contribution is 5.77. The monoisotopic (exact) mass is 1350 g/mol. The number of nitrogens with one attached hydrogen (secondary N) is 2. The summed E-state index contributed by atoms with van der Waals surface area (Å²) in [4.78, 5) is 38.6. The number of carbonyl (C=O) groups is 3. The quantitative estimate of drug-likeness (QED) is 0.0205. The van der Waals surface area contributed by atoms with Crippen LogP contribution in [0.1, 0.15) is 271 Å². The lowest BCUT2D eigenvalue weighted by Crippen LogP contribution is -2.70. The van der Waals surface area contributed by atoms with Gasteiger partial charge < -0.3 is 100 Å². The first-order valence-corrected chi connectivity index (χ1v) is 36.7. The summed E-state index contributed by atoms with van der Waals surface area (Å²) in [5.74, 6) is -6.11. The fourth-order valence-corrected chi connectivity index (χ4v) is 12.8. The molecule has 3 saturated heterocycles. The Bertz CT molecular complexity index is 1990. The first-order valence-electron chi connectivity index (χ1n) is 36.7. The van der Waals surface area contributed by atoms with Crippen molar-refractivity contribution in [1.82, 2.24) is 10.6 Å². The summed E-state index contributed by atoms with van der Waals surface area (Å²) >= 11 is 0. The van der Waals surface area contributed by atoms with Gasteiger partial charge >= 0.3 is 5.97 Å². The molecule has 0 radical (unpaired) electrons. The number of unbranched alkanes of at least 4 members (excludes halogenated alkanes) is 32. The van der Waals surface area contributed by atoms with Crippen LogP contribution in [0, 0.1) is 0 Å². The lowest BCUT2D eigenvalue weighted by atomic mass is 9.88. The van der Waals surface area contributed by atoms with Crippen molar-refractivity contribution in [1.29, 1.82) is 0 Å². The Kier molecular flexibility index (Phi) is 46.7. The average molecular weight is 1350 g/mol. The zero-order chi connectivity index (χ0) is 68.9. The lowest BCUT2D eigenvalue weighted by Gasteiger charge is -2.50. The van der Waals surface area contributed by atoms with Crippen molar-refractivity contribution in [2.24, 2.45) is 0 Å². The summed E-state index contributed by atoms with van der Waals surface area (Å²) in [6.07, 6.45) is 23.1. The van der Waals surface area contributed by atoms with Gasteiger partial charge in [0.2, 0.25) is 11.8 Å². The van der Waals surface area contributed by atoms with E-state index in [2.05, 4.69) is 48.8 Å². The van der Waals surface area contributed by atoms with Crippen LogP contribution in [-0.4, -0.2) is 215 Å². The van der Waals surface area contributed by atoms with Crippen LogP contribution in [0.3, 0.4) is 0 Å². The predicted molar refractivity (Wildman–Crippen MR) is 357 cm³/mol. The summed E-state index contributed by atoms with van der Waals surface area (Å²) < 4.78 is 34.9. The number of hydrogen-bond donors (Lipinski definition) is 14. The second kappa shape index (κ2) is 51.4. The van der Waals surface area contributed by atoms with E-state index in [0.29, 0.717) is 19.3 Å². The molecule has 3 fully saturated rings. The molecule has 3 heterocycles. The number of amides is 2. The van der Waals surface area contributed by atoms with E-state index >= 15 is 0 Å². The average Bonchev–Trinajstić information content (AvgIpc) is 0.762. The second-order valence-corrected chi connectivity index (χ2v) is 26.8. The second-order valence-electron chi connectivity index (χ2n) is 26.8. The van der Waals surface area contributed by atoms with Gasteiger partial charge in [-0.25, -0.2) is 4.79 Å². The maximum Gasteiger partial charge on any atom is 0.364 e. The molecule has 94 heavy (non-hydrogen) atoms. The van der Waals surface area contributed by atoms with E-state index in [9.17, 15) is 75.7 Å². The van der Waals surface area contributed by atoms with E-state index < -0.39 is 148 Å². The molecular weight excluding hydrogens is 1220 g/mol. The largest absolute Gasteiger partial charge is 0.477 e. The van der Waals surface area contributed by atoms with E-state index in [1.165, 1.54) is 135 Å². The summed E-state index contributed by atoms with van der Waals surface area (Å²) in [7, 11) is 0. The smallest absolute Gasteiger partial charge is 0.364 e. The Labute approximate surface area is 562 Å². The van der Waals surface area contributed by atoms with E-state index in [-0.39, 0.29) is 18.9 Å². The Morgan fingerprint density at radius 3 is 1.49 bits per heavy atom. The molecule has 0 spiro atoms. The lowest BCUT2D eigenvalue weighted by molar-refractivity contribution is -0.386. The van der Waals surface area contributed by atoms with Gasteiger partial charge in [-0.05, 0) is 44.9 Å².